The molecule has 0 fully saturated rings. The average Bonchev–Trinajstić information content (AvgIpc) is 2.56. The van der Waals surface area contributed by atoms with Crippen LogP contribution in [-0.2, 0) is 0 Å². The summed E-state index contributed by atoms with van der Waals surface area (Å²) in [5, 5.41) is 14.6. The van der Waals surface area contributed by atoms with Crippen molar-refractivity contribution in [3.63, 3.8) is 0 Å². The molecule has 0 aliphatic heterocycles. The predicted molar refractivity (Wildman–Crippen MR) is 60.3 cm³/mol. The number of nitrogens with one attached hydrogen (secondary N) is 1. The maximum Gasteiger partial charge on any atom is 0.143 e. The van der Waals surface area contributed by atoms with E-state index in [0.29, 0.717) is 11.2 Å². The Morgan fingerprint density at radius 3 is 2.87 bits per heavy atom. The third-order valence-corrected chi connectivity index (χ3v) is 2.12. The van der Waals surface area contributed by atoms with Gasteiger partial charge in [0.1, 0.15) is 11.3 Å². The van der Waals surface area contributed by atoms with Crippen LogP contribution >= 0.6 is 0 Å². The first-order chi connectivity index (χ1) is 7.09. The predicted octanol–water partition coefficient (Wildman–Crippen LogP) is 1.28. The van der Waals surface area contributed by atoms with Crippen molar-refractivity contribution in [1.29, 1.82) is 0 Å². The molecule has 1 aromatic carbocycles. The van der Waals surface area contributed by atoms with Gasteiger partial charge in [0.05, 0.1) is 6.20 Å². The van der Waals surface area contributed by atoms with Gasteiger partial charge in [0.2, 0.25) is 0 Å². The van der Waals surface area contributed by atoms with Crippen LogP contribution in [0.3, 0.4) is 0 Å². The Morgan fingerprint density at radius 1 is 1.47 bits per heavy atom. The molecule has 0 aliphatic rings. The quantitative estimate of drug-likeness (QED) is 0.511. The second kappa shape index (κ2) is 3.34. The highest BCUT2D eigenvalue weighted by Crippen LogP contribution is 2.28. The van der Waals surface area contributed by atoms with E-state index in [1.54, 1.807) is 23.1 Å². The van der Waals surface area contributed by atoms with Crippen molar-refractivity contribution in [2.24, 2.45) is 0 Å². The van der Waals surface area contributed by atoms with Crippen LogP contribution in [0, 0.1) is 0 Å². The van der Waals surface area contributed by atoms with Gasteiger partial charge in [0.15, 0.2) is 0 Å². The number of rotatable bonds is 2. The van der Waals surface area contributed by atoms with Gasteiger partial charge in [-0.1, -0.05) is 0 Å². The number of nitrogens with two attached hydrogens (primary N) is 1. The molecule has 0 unspecified atom stereocenters. The minimum absolute atomic E-state index is 0.171. The number of hydrogen-bond acceptors (Lipinski definition) is 4. The summed E-state index contributed by atoms with van der Waals surface area (Å²) >= 11 is 0. The van der Waals surface area contributed by atoms with Crippen LogP contribution in [0.2, 0.25) is 0 Å². The number of aromatic nitrogens is 2. The fourth-order valence-electron chi connectivity index (χ4n) is 1.49. The Hall–Kier alpha value is -1.91. The summed E-state index contributed by atoms with van der Waals surface area (Å²) in [4.78, 5) is 1.55. The van der Waals surface area contributed by atoms with Crippen LogP contribution in [0.25, 0.3) is 10.9 Å². The smallest absolute Gasteiger partial charge is 0.143 e. The Balaban J connectivity index is 2.62. The highest BCUT2D eigenvalue weighted by molar-refractivity contribution is 5.94. The fraction of sp³-hybridized carbons (Fsp3) is 0.300. The van der Waals surface area contributed by atoms with Crippen LogP contribution in [-0.4, -0.2) is 21.0 Å². The van der Waals surface area contributed by atoms with E-state index in [0.717, 1.165) is 5.39 Å². The molecule has 15 heavy (non-hydrogen) atoms. The lowest BCUT2D eigenvalue weighted by Gasteiger charge is -2.11. The molecular weight excluding hydrogens is 192 g/mol. The van der Waals surface area contributed by atoms with E-state index in [1.807, 2.05) is 13.8 Å². The summed E-state index contributed by atoms with van der Waals surface area (Å²) < 4.78 is 0. The van der Waals surface area contributed by atoms with Crippen LogP contribution < -0.4 is 11.2 Å². The normalized spacial score (nSPS) is 11.1. The third kappa shape index (κ3) is 1.56. The molecule has 1 heterocycles. The van der Waals surface area contributed by atoms with Gasteiger partial charge in [-0.05, 0) is 26.0 Å². The molecule has 5 nitrogen and oxygen atoms in total. The van der Waals surface area contributed by atoms with Gasteiger partial charge in [0.25, 0.3) is 0 Å². The molecule has 0 saturated heterocycles. The van der Waals surface area contributed by atoms with Crippen molar-refractivity contribution < 1.29 is 5.11 Å². The van der Waals surface area contributed by atoms with Crippen molar-refractivity contribution in [2.45, 2.75) is 19.9 Å². The molecule has 0 bridgehead atoms. The average molecular weight is 206 g/mol. The SMILES string of the molecule is CC(C)Nn1ncc2c(N)ccc(O)c21. The number of phenolic OH excluding ortho intramolecular Hbond substituents is 1. The molecule has 4 N–H and O–H groups in total. The molecule has 0 spiro atoms. The molecule has 80 valence electrons. The van der Waals surface area contributed by atoms with Gasteiger partial charge in [0, 0.05) is 17.1 Å². The summed E-state index contributed by atoms with van der Waals surface area (Å²) in [7, 11) is 0. The fourth-order valence-corrected chi connectivity index (χ4v) is 1.49. The van der Waals surface area contributed by atoms with Crippen molar-refractivity contribution in [2.75, 3.05) is 11.2 Å². The number of phenols is 1. The van der Waals surface area contributed by atoms with Crippen molar-refractivity contribution in [3.8, 4) is 5.75 Å². The van der Waals surface area contributed by atoms with Gasteiger partial charge in [-0.15, -0.1) is 0 Å². The molecule has 2 aromatic rings. The number of fused-ring (bicyclic) bond motifs is 1. The van der Waals surface area contributed by atoms with E-state index in [1.165, 1.54) is 0 Å². The van der Waals surface area contributed by atoms with E-state index < -0.39 is 0 Å². The second-order valence-electron chi connectivity index (χ2n) is 3.78. The number of hydrogen-bond donors (Lipinski definition) is 3. The number of aromatic hydroxyl groups is 1. The van der Waals surface area contributed by atoms with Crippen LogP contribution in [0.4, 0.5) is 5.69 Å². The first-order valence-electron chi connectivity index (χ1n) is 4.81. The maximum absolute atomic E-state index is 9.72. The van der Waals surface area contributed by atoms with Crippen LogP contribution in [0.5, 0.6) is 5.75 Å². The minimum Gasteiger partial charge on any atom is -0.506 e. The number of nitrogen functional groups attached to an aromatic ring is 1. The zero-order valence-corrected chi connectivity index (χ0v) is 8.73. The van der Waals surface area contributed by atoms with E-state index in [-0.39, 0.29) is 11.8 Å². The van der Waals surface area contributed by atoms with Gasteiger partial charge in [-0.3, -0.25) is 0 Å². The van der Waals surface area contributed by atoms with E-state index in [9.17, 15) is 5.11 Å². The topological polar surface area (TPSA) is 76.1 Å². The van der Waals surface area contributed by atoms with E-state index >= 15 is 0 Å². The molecule has 0 aliphatic carbocycles. The Kier molecular flexibility index (Phi) is 2.15. The largest absolute Gasteiger partial charge is 0.506 e. The standard InChI is InChI=1S/C10H14N4O/c1-6(2)13-14-10-7(5-12-14)8(11)3-4-9(10)15/h3-6,13,15H,11H2,1-2H3. The van der Waals surface area contributed by atoms with Gasteiger partial charge in [-0.25, -0.2) is 0 Å². The minimum atomic E-state index is 0.171. The highest BCUT2D eigenvalue weighted by Gasteiger charge is 2.10. The van der Waals surface area contributed by atoms with Crippen molar-refractivity contribution >= 4 is 16.6 Å². The Morgan fingerprint density at radius 2 is 2.20 bits per heavy atom. The lowest BCUT2D eigenvalue weighted by Crippen LogP contribution is -2.23. The summed E-state index contributed by atoms with van der Waals surface area (Å²) in [5.41, 5.74) is 10.1. The highest BCUT2D eigenvalue weighted by atomic mass is 16.3. The molecule has 1 aromatic heterocycles. The summed E-state index contributed by atoms with van der Waals surface area (Å²) in [6.07, 6.45) is 1.64. The van der Waals surface area contributed by atoms with E-state index in [4.69, 9.17) is 5.73 Å². The maximum atomic E-state index is 9.72. The zero-order valence-electron chi connectivity index (χ0n) is 8.73. The Bertz CT molecular complexity index is 489. The second-order valence-corrected chi connectivity index (χ2v) is 3.78. The first kappa shape index (κ1) is 9.64. The van der Waals surface area contributed by atoms with Gasteiger partial charge < -0.3 is 16.3 Å². The number of anilines is 1. The van der Waals surface area contributed by atoms with E-state index in [2.05, 4.69) is 10.5 Å². The molecular formula is C10H14N4O. The molecule has 0 atom stereocenters. The van der Waals surface area contributed by atoms with Gasteiger partial charge in [-0.2, -0.15) is 9.89 Å². The molecule has 2 rings (SSSR count). The number of benzene rings is 1. The molecule has 0 amide bonds. The van der Waals surface area contributed by atoms with Gasteiger partial charge >= 0.3 is 0 Å². The summed E-state index contributed by atoms with van der Waals surface area (Å²) in [6.45, 7) is 3.99. The van der Waals surface area contributed by atoms with Crippen LogP contribution in [0.1, 0.15) is 13.8 Å². The molecule has 0 radical (unpaired) electrons. The van der Waals surface area contributed by atoms with Crippen LogP contribution in [0.15, 0.2) is 18.3 Å². The monoisotopic (exact) mass is 206 g/mol. The first-order valence-corrected chi connectivity index (χ1v) is 4.81. The lowest BCUT2D eigenvalue weighted by molar-refractivity contribution is 0.477. The van der Waals surface area contributed by atoms with Crippen molar-refractivity contribution in [3.05, 3.63) is 18.3 Å². The molecule has 0 saturated carbocycles. The summed E-state index contributed by atoms with van der Waals surface area (Å²) in [5.74, 6) is 0.171. The summed E-state index contributed by atoms with van der Waals surface area (Å²) in [6, 6.07) is 3.46. The zero-order chi connectivity index (χ0) is 11.0. The number of nitrogens with zero attached hydrogens (tertiary/aromatic N) is 2. The molecule has 5 heteroatoms. The Labute approximate surface area is 87.5 Å². The third-order valence-electron chi connectivity index (χ3n) is 2.12. The van der Waals surface area contributed by atoms with Crippen molar-refractivity contribution in [1.82, 2.24) is 9.89 Å². The lowest BCUT2D eigenvalue weighted by atomic mass is 10.2.